The molecule has 3 N–H and O–H groups in total. The molecule has 0 bridgehead atoms. The molecule has 19 heavy (non-hydrogen) atoms. The maximum absolute atomic E-state index is 11.0. The first-order chi connectivity index (χ1) is 9.11. The molecule has 0 aromatic carbocycles. The van der Waals surface area contributed by atoms with Crippen molar-refractivity contribution in [1.82, 2.24) is 20.1 Å². The molecule has 0 fully saturated rings. The van der Waals surface area contributed by atoms with Gasteiger partial charge >= 0.3 is 0 Å². The fourth-order valence-corrected chi connectivity index (χ4v) is 1.83. The molecule has 0 saturated carbocycles. The van der Waals surface area contributed by atoms with E-state index in [1.807, 2.05) is 12.1 Å². The van der Waals surface area contributed by atoms with Crippen LogP contribution in [0.5, 0.6) is 0 Å². The zero-order chi connectivity index (χ0) is 13.8. The molecular weight excluding hydrogens is 242 g/mol. The molecule has 2 rings (SSSR count). The van der Waals surface area contributed by atoms with Crippen LogP contribution in [0.1, 0.15) is 35.8 Å². The molecule has 0 radical (unpaired) electrons. The van der Waals surface area contributed by atoms with Gasteiger partial charge in [-0.1, -0.05) is 6.92 Å². The summed E-state index contributed by atoms with van der Waals surface area (Å²) in [5.74, 6) is 0.165. The van der Waals surface area contributed by atoms with Gasteiger partial charge in [-0.05, 0) is 31.2 Å². The Balaban J connectivity index is 2.29. The number of rotatable bonds is 5. The number of carbonyl (C=O) groups excluding carboxylic acids is 1. The van der Waals surface area contributed by atoms with Crippen LogP contribution in [-0.4, -0.2) is 27.2 Å². The molecule has 0 spiro atoms. The first-order valence-corrected chi connectivity index (χ1v) is 6.16. The topological polar surface area (TPSA) is 85.8 Å². The van der Waals surface area contributed by atoms with Crippen molar-refractivity contribution in [2.45, 2.75) is 19.9 Å². The summed E-state index contributed by atoms with van der Waals surface area (Å²) in [6, 6.07) is 4.12. The van der Waals surface area contributed by atoms with Gasteiger partial charge in [0.25, 0.3) is 5.91 Å². The third-order valence-corrected chi connectivity index (χ3v) is 2.88. The van der Waals surface area contributed by atoms with Crippen LogP contribution < -0.4 is 11.1 Å². The van der Waals surface area contributed by atoms with Gasteiger partial charge in [0, 0.05) is 18.4 Å². The minimum Gasteiger partial charge on any atom is -0.366 e. The predicted molar refractivity (Wildman–Crippen MR) is 72.0 cm³/mol. The number of amides is 1. The third-order valence-electron chi connectivity index (χ3n) is 2.88. The first-order valence-electron chi connectivity index (χ1n) is 6.16. The second kappa shape index (κ2) is 5.62. The molecule has 100 valence electrons. The summed E-state index contributed by atoms with van der Waals surface area (Å²) in [5, 5.41) is 7.42. The van der Waals surface area contributed by atoms with Crippen molar-refractivity contribution >= 4 is 5.91 Å². The number of primary amides is 1. The van der Waals surface area contributed by atoms with Crippen LogP contribution in [0.2, 0.25) is 0 Å². The Labute approximate surface area is 111 Å². The lowest BCUT2D eigenvalue weighted by molar-refractivity contribution is 0.100. The van der Waals surface area contributed by atoms with Gasteiger partial charge < -0.3 is 11.1 Å². The van der Waals surface area contributed by atoms with Crippen molar-refractivity contribution in [1.29, 1.82) is 0 Å². The Kier molecular flexibility index (Phi) is 3.91. The molecule has 0 aliphatic heterocycles. The lowest BCUT2D eigenvalue weighted by atomic mass is 10.1. The van der Waals surface area contributed by atoms with Gasteiger partial charge in [0.2, 0.25) is 0 Å². The minimum absolute atomic E-state index is 0.234. The number of hydrogen-bond donors (Lipinski definition) is 2. The number of nitrogens with two attached hydrogens (primary N) is 1. The molecule has 2 aromatic rings. The van der Waals surface area contributed by atoms with Gasteiger partial charge in [0.05, 0.1) is 11.8 Å². The van der Waals surface area contributed by atoms with Gasteiger partial charge in [-0.2, -0.15) is 5.10 Å². The zero-order valence-corrected chi connectivity index (χ0v) is 11.0. The van der Waals surface area contributed by atoms with Gasteiger partial charge in [-0.25, -0.2) is 9.67 Å². The Hall–Kier alpha value is -2.21. The van der Waals surface area contributed by atoms with E-state index >= 15 is 0 Å². The summed E-state index contributed by atoms with van der Waals surface area (Å²) in [4.78, 5) is 15.3. The molecule has 2 aromatic heterocycles. The number of nitrogens with one attached hydrogen (secondary N) is 1. The van der Waals surface area contributed by atoms with E-state index in [2.05, 4.69) is 29.2 Å². The molecule has 6 heteroatoms. The molecule has 1 unspecified atom stereocenters. The Morgan fingerprint density at radius 3 is 3.00 bits per heavy atom. The van der Waals surface area contributed by atoms with Crippen molar-refractivity contribution < 1.29 is 4.79 Å². The number of hydrogen-bond acceptors (Lipinski definition) is 4. The van der Waals surface area contributed by atoms with Gasteiger partial charge in [-0.15, -0.1) is 0 Å². The first kappa shape index (κ1) is 13.2. The fraction of sp³-hybridized carbons (Fsp3) is 0.308. The van der Waals surface area contributed by atoms with Crippen LogP contribution in [0.3, 0.4) is 0 Å². The number of nitrogens with zero attached hydrogens (tertiary/aromatic N) is 3. The normalized spacial score (nSPS) is 12.3. The summed E-state index contributed by atoms with van der Waals surface area (Å²) in [7, 11) is 0. The van der Waals surface area contributed by atoms with Crippen molar-refractivity contribution in [3.8, 4) is 5.82 Å². The third kappa shape index (κ3) is 2.97. The quantitative estimate of drug-likeness (QED) is 0.840. The maximum atomic E-state index is 11.0. The zero-order valence-electron chi connectivity index (χ0n) is 11.0. The SMILES string of the molecule is CCNC(C)c1ccnc(-n2cc(C(N)=O)cn2)c1. The van der Waals surface area contributed by atoms with Crippen molar-refractivity contribution in [3.63, 3.8) is 0 Å². The van der Waals surface area contributed by atoms with E-state index < -0.39 is 5.91 Å². The molecule has 0 aliphatic rings. The highest BCUT2D eigenvalue weighted by molar-refractivity contribution is 5.92. The van der Waals surface area contributed by atoms with Crippen LogP contribution >= 0.6 is 0 Å². The monoisotopic (exact) mass is 259 g/mol. The smallest absolute Gasteiger partial charge is 0.251 e. The van der Waals surface area contributed by atoms with Crippen molar-refractivity contribution in [3.05, 3.63) is 41.9 Å². The van der Waals surface area contributed by atoms with Gasteiger partial charge in [0.1, 0.15) is 0 Å². The van der Waals surface area contributed by atoms with E-state index in [0.717, 1.165) is 12.1 Å². The average Bonchev–Trinajstić information content (AvgIpc) is 2.89. The lowest BCUT2D eigenvalue weighted by Gasteiger charge is -2.13. The number of carbonyl (C=O) groups is 1. The van der Waals surface area contributed by atoms with Crippen LogP contribution in [-0.2, 0) is 0 Å². The van der Waals surface area contributed by atoms with Crippen LogP contribution in [0.4, 0.5) is 0 Å². The van der Waals surface area contributed by atoms with Crippen molar-refractivity contribution in [2.24, 2.45) is 5.73 Å². The number of pyridine rings is 1. The summed E-state index contributed by atoms with van der Waals surface area (Å²) in [6.07, 6.45) is 4.74. The highest BCUT2D eigenvalue weighted by Gasteiger charge is 2.09. The lowest BCUT2D eigenvalue weighted by Crippen LogP contribution is -2.18. The van der Waals surface area contributed by atoms with Crippen LogP contribution in [0.25, 0.3) is 5.82 Å². The molecule has 6 nitrogen and oxygen atoms in total. The van der Waals surface area contributed by atoms with E-state index in [0.29, 0.717) is 11.4 Å². The average molecular weight is 259 g/mol. The molecule has 1 atom stereocenters. The molecule has 0 saturated heterocycles. The van der Waals surface area contributed by atoms with Crippen LogP contribution in [0, 0.1) is 0 Å². The molecule has 1 amide bonds. The van der Waals surface area contributed by atoms with E-state index in [-0.39, 0.29) is 6.04 Å². The second-order valence-electron chi connectivity index (χ2n) is 4.26. The predicted octanol–water partition coefficient (Wildman–Crippen LogP) is 1.04. The molecule has 2 heterocycles. The van der Waals surface area contributed by atoms with Crippen molar-refractivity contribution in [2.75, 3.05) is 6.54 Å². The summed E-state index contributed by atoms with van der Waals surface area (Å²) >= 11 is 0. The van der Waals surface area contributed by atoms with E-state index in [4.69, 9.17) is 5.73 Å². The second-order valence-corrected chi connectivity index (χ2v) is 4.26. The fourth-order valence-electron chi connectivity index (χ4n) is 1.83. The van der Waals surface area contributed by atoms with Crippen LogP contribution in [0.15, 0.2) is 30.7 Å². The van der Waals surface area contributed by atoms with Gasteiger partial charge in [0.15, 0.2) is 5.82 Å². The van der Waals surface area contributed by atoms with E-state index in [1.165, 1.54) is 6.20 Å². The minimum atomic E-state index is -0.497. The highest BCUT2D eigenvalue weighted by atomic mass is 16.1. The summed E-state index contributed by atoms with van der Waals surface area (Å²) in [6.45, 7) is 5.04. The Morgan fingerprint density at radius 1 is 1.58 bits per heavy atom. The van der Waals surface area contributed by atoms with E-state index in [1.54, 1.807) is 17.1 Å². The standard InChI is InChI=1S/C13H17N5O/c1-3-15-9(2)10-4-5-16-12(6-10)18-8-11(7-17-18)13(14)19/h4-9,15H,3H2,1-2H3,(H2,14,19). The number of aromatic nitrogens is 3. The maximum Gasteiger partial charge on any atom is 0.251 e. The summed E-state index contributed by atoms with van der Waals surface area (Å²) in [5.41, 5.74) is 6.68. The Morgan fingerprint density at radius 2 is 2.37 bits per heavy atom. The molecule has 0 aliphatic carbocycles. The largest absolute Gasteiger partial charge is 0.366 e. The highest BCUT2D eigenvalue weighted by Crippen LogP contribution is 2.14. The molecular formula is C13H17N5O. The van der Waals surface area contributed by atoms with Gasteiger partial charge in [-0.3, -0.25) is 4.79 Å². The summed E-state index contributed by atoms with van der Waals surface area (Å²) < 4.78 is 1.54. The van der Waals surface area contributed by atoms with E-state index in [9.17, 15) is 4.79 Å². The Bertz CT molecular complexity index is 578.